The molecular formula is C14H16N2O2S. The summed E-state index contributed by atoms with van der Waals surface area (Å²) in [5.41, 5.74) is 7.13. The number of anilines is 1. The van der Waals surface area contributed by atoms with Crippen LogP contribution in [0.5, 0.6) is 5.75 Å². The number of nitrogens with two attached hydrogens (primary N) is 1. The first-order valence-corrected chi connectivity index (χ1v) is 6.81. The van der Waals surface area contributed by atoms with Crippen molar-refractivity contribution in [2.75, 3.05) is 18.6 Å². The van der Waals surface area contributed by atoms with Crippen LogP contribution in [-0.2, 0) is 4.79 Å². The number of nitrogens with zero attached hydrogens (tertiary/aromatic N) is 1. The summed E-state index contributed by atoms with van der Waals surface area (Å²) in [5, 5.41) is 8.36. The Kier molecular flexibility index (Phi) is 6.55. The van der Waals surface area contributed by atoms with Gasteiger partial charge in [-0.1, -0.05) is 23.9 Å². The molecule has 1 rings (SSSR count). The summed E-state index contributed by atoms with van der Waals surface area (Å²) < 4.78 is 5.10. The van der Waals surface area contributed by atoms with Crippen molar-refractivity contribution in [2.45, 2.75) is 12.8 Å². The Labute approximate surface area is 117 Å². The molecule has 1 aromatic rings. The fourth-order valence-corrected chi connectivity index (χ4v) is 2.02. The van der Waals surface area contributed by atoms with Gasteiger partial charge in [-0.2, -0.15) is 5.26 Å². The molecular weight excluding hydrogens is 260 g/mol. The van der Waals surface area contributed by atoms with E-state index in [-0.39, 0.29) is 5.12 Å². The normalized spacial score (nSPS) is 10.3. The standard InChI is InChI=1S/C14H16N2O2S/c1-18-13-10-11(4-6-12(13)16)5-7-14(17)19-9-3-2-8-15/h4-7,10H,2-3,9,16H2,1H3/b7-5+. The minimum atomic E-state index is -0.0197. The fraction of sp³-hybridized carbons (Fsp3) is 0.286. The van der Waals surface area contributed by atoms with E-state index in [0.29, 0.717) is 23.6 Å². The number of methoxy groups -OCH3 is 1. The van der Waals surface area contributed by atoms with Gasteiger partial charge in [-0.15, -0.1) is 0 Å². The molecule has 19 heavy (non-hydrogen) atoms. The molecule has 100 valence electrons. The first kappa shape index (κ1) is 15.1. The van der Waals surface area contributed by atoms with E-state index in [4.69, 9.17) is 15.7 Å². The highest BCUT2D eigenvalue weighted by Crippen LogP contribution is 2.23. The van der Waals surface area contributed by atoms with E-state index < -0.39 is 0 Å². The van der Waals surface area contributed by atoms with Gasteiger partial charge < -0.3 is 10.5 Å². The summed E-state index contributed by atoms with van der Waals surface area (Å²) in [4.78, 5) is 11.5. The van der Waals surface area contributed by atoms with E-state index in [1.54, 1.807) is 25.3 Å². The summed E-state index contributed by atoms with van der Waals surface area (Å²) >= 11 is 1.22. The number of ether oxygens (including phenoxy) is 1. The highest BCUT2D eigenvalue weighted by molar-refractivity contribution is 8.14. The number of hydrogen-bond donors (Lipinski definition) is 1. The Morgan fingerprint density at radius 2 is 2.37 bits per heavy atom. The number of nitriles is 1. The van der Waals surface area contributed by atoms with E-state index in [1.807, 2.05) is 12.1 Å². The Morgan fingerprint density at radius 1 is 1.58 bits per heavy atom. The lowest BCUT2D eigenvalue weighted by Crippen LogP contribution is -1.92. The lowest BCUT2D eigenvalue weighted by Gasteiger charge is -2.04. The predicted molar refractivity (Wildman–Crippen MR) is 78.8 cm³/mol. The molecule has 0 radical (unpaired) electrons. The Bertz CT molecular complexity index is 507. The van der Waals surface area contributed by atoms with Crippen LogP contribution in [0.1, 0.15) is 18.4 Å². The molecule has 2 N–H and O–H groups in total. The van der Waals surface area contributed by atoms with Crippen LogP contribution in [0.15, 0.2) is 24.3 Å². The third kappa shape index (κ3) is 5.49. The van der Waals surface area contributed by atoms with Gasteiger partial charge in [0.05, 0.1) is 18.9 Å². The number of rotatable bonds is 6. The van der Waals surface area contributed by atoms with Crippen molar-refractivity contribution in [3.63, 3.8) is 0 Å². The minimum Gasteiger partial charge on any atom is -0.495 e. The molecule has 1 aromatic carbocycles. The van der Waals surface area contributed by atoms with Gasteiger partial charge in [-0.3, -0.25) is 4.79 Å². The second-order valence-corrected chi connectivity index (χ2v) is 4.86. The zero-order valence-electron chi connectivity index (χ0n) is 10.8. The molecule has 0 spiro atoms. The fourth-order valence-electron chi connectivity index (χ4n) is 1.37. The molecule has 0 aliphatic carbocycles. The van der Waals surface area contributed by atoms with Crippen LogP contribution in [0.25, 0.3) is 6.08 Å². The number of unbranched alkanes of at least 4 members (excludes halogenated alkanes) is 1. The van der Waals surface area contributed by atoms with Crippen molar-refractivity contribution in [1.82, 2.24) is 0 Å². The first-order chi connectivity index (χ1) is 9.17. The summed E-state index contributed by atoms with van der Waals surface area (Å²) in [6.45, 7) is 0. The van der Waals surface area contributed by atoms with Crippen LogP contribution in [0.4, 0.5) is 5.69 Å². The summed E-state index contributed by atoms with van der Waals surface area (Å²) in [6.07, 6.45) is 4.46. The lowest BCUT2D eigenvalue weighted by molar-refractivity contribution is -0.106. The molecule has 0 fully saturated rings. The zero-order chi connectivity index (χ0) is 14.1. The van der Waals surface area contributed by atoms with Gasteiger partial charge in [0, 0.05) is 12.2 Å². The zero-order valence-corrected chi connectivity index (χ0v) is 11.6. The number of carbonyl (C=O) groups excluding carboxylic acids is 1. The van der Waals surface area contributed by atoms with Crippen molar-refractivity contribution < 1.29 is 9.53 Å². The summed E-state index contributed by atoms with van der Waals surface area (Å²) in [6, 6.07) is 7.39. The highest BCUT2D eigenvalue weighted by Gasteiger charge is 2.00. The molecule has 0 aromatic heterocycles. The number of thioether (sulfide) groups is 1. The van der Waals surface area contributed by atoms with Crippen molar-refractivity contribution in [2.24, 2.45) is 0 Å². The molecule has 4 nitrogen and oxygen atoms in total. The van der Waals surface area contributed by atoms with Crippen LogP contribution in [0.3, 0.4) is 0 Å². The monoisotopic (exact) mass is 276 g/mol. The van der Waals surface area contributed by atoms with E-state index in [1.165, 1.54) is 17.8 Å². The topological polar surface area (TPSA) is 76.1 Å². The largest absolute Gasteiger partial charge is 0.495 e. The maximum absolute atomic E-state index is 11.5. The Morgan fingerprint density at radius 3 is 3.05 bits per heavy atom. The molecule has 0 saturated heterocycles. The van der Waals surface area contributed by atoms with E-state index in [0.717, 1.165) is 12.0 Å². The minimum absolute atomic E-state index is 0.0197. The highest BCUT2D eigenvalue weighted by atomic mass is 32.2. The number of carbonyl (C=O) groups is 1. The smallest absolute Gasteiger partial charge is 0.212 e. The van der Waals surface area contributed by atoms with Crippen LogP contribution in [0, 0.1) is 11.3 Å². The SMILES string of the molecule is COc1cc(/C=C/C(=O)SCCCC#N)ccc1N. The van der Waals surface area contributed by atoms with Crippen molar-refractivity contribution in [3.05, 3.63) is 29.8 Å². The molecule has 0 amide bonds. The third-order valence-electron chi connectivity index (χ3n) is 2.35. The van der Waals surface area contributed by atoms with Gasteiger partial charge in [0.15, 0.2) is 0 Å². The molecule has 0 aliphatic heterocycles. The third-order valence-corrected chi connectivity index (χ3v) is 3.26. The van der Waals surface area contributed by atoms with Crippen molar-refractivity contribution in [1.29, 1.82) is 5.26 Å². The van der Waals surface area contributed by atoms with Gasteiger partial charge in [-0.05, 0) is 30.2 Å². The van der Waals surface area contributed by atoms with E-state index in [2.05, 4.69) is 0 Å². The first-order valence-electron chi connectivity index (χ1n) is 5.82. The van der Waals surface area contributed by atoms with Gasteiger partial charge in [0.1, 0.15) is 5.75 Å². The molecule has 5 heteroatoms. The molecule has 0 heterocycles. The maximum Gasteiger partial charge on any atom is 0.212 e. The Balaban J connectivity index is 2.52. The molecule has 0 unspecified atom stereocenters. The van der Waals surface area contributed by atoms with E-state index in [9.17, 15) is 4.79 Å². The van der Waals surface area contributed by atoms with Crippen molar-refractivity contribution >= 4 is 28.6 Å². The van der Waals surface area contributed by atoms with Crippen molar-refractivity contribution in [3.8, 4) is 11.8 Å². The average molecular weight is 276 g/mol. The quantitative estimate of drug-likeness (QED) is 0.491. The maximum atomic E-state index is 11.5. The second kappa shape index (κ2) is 8.22. The molecule has 0 atom stereocenters. The van der Waals surface area contributed by atoms with Gasteiger partial charge >= 0.3 is 0 Å². The Hall–Kier alpha value is -1.93. The molecule has 0 saturated carbocycles. The van der Waals surface area contributed by atoms with E-state index >= 15 is 0 Å². The van der Waals surface area contributed by atoms with Crippen LogP contribution in [0.2, 0.25) is 0 Å². The molecule has 0 bridgehead atoms. The van der Waals surface area contributed by atoms with Gasteiger partial charge in [0.2, 0.25) is 5.12 Å². The number of hydrogen-bond acceptors (Lipinski definition) is 5. The lowest BCUT2D eigenvalue weighted by atomic mass is 10.2. The van der Waals surface area contributed by atoms with Crippen LogP contribution < -0.4 is 10.5 Å². The second-order valence-electron chi connectivity index (χ2n) is 3.76. The van der Waals surface area contributed by atoms with Gasteiger partial charge in [0.25, 0.3) is 0 Å². The van der Waals surface area contributed by atoms with Crippen LogP contribution >= 0.6 is 11.8 Å². The summed E-state index contributed by atoms with van der Waals surface area (Å²) in [7, 11) is 1.55. The predicted octanol–water partition coefficient (Wildman–Crippen LogP) is 2.85. The summed E-state index contributed by atoms with van der Waals surface area (Å²) in [5.74, 6) is 1.26. The van der Waals surface area contributed by atoms with Crippen LogP contribution in [-0.4, -0.2) is 18.0 Å². The number of benzene rings is 1. The number of nitrogen functional groups attached to an aromatic ring is 1. The average Bonchev–Trinajstić information content (AvgIpc) is 2.42. The van der Waals surface area contributed by atoms with Gasteiger partial charge in [-0.25, -0.2) is 0 Å². The molecule has 0 aliphatic rings.